The summed E-state index contributed by atoms with van der Waals surface area (Å²) < 4.78 is 0. The highest BCUT2D eigenvalue weighted by Crippen LogP contribution is 2.20. The number of carbonyl (C=O) groups is 1. The molecule has 2 aromatic rings. The van der Waals surface area contributed by atoms with Crippen LogP contribution < -0.4 is 11.2 Å². The number of carbonyl (C=O) groups excluding carboxylic acids is 1. The third-order valence-corrected chi connectivity index (χ3v) is 3.38. The zero-order valence-electron chi connectivity index (χ0n) is 11.2. The molecule has 0 saturated carbocycles. The van der Waals surface area contributed by atoms with Gasteiger partial charge in [-0.15, -0.1) is 0 Å². The first-order chi connectivity index (χ1) is 9.97. The molecule has 0 spiro atoms. The SMILES string of the molecule is C/C(=N\NC(=O)c1ccc(Cl)cc1Cl)c1ccc(N)cc1. The van der Waals surface area contributed by atoms with Crippen molar-refractivity contribution in [2.45, 2.75) is 6.92 Å². The minimum absolute atomic E-state index is 0.278. The van der Waals surface area contributed by atoms with Crippen molar-refractivity contribution in [3.05, 3.63) is 63.6 Å². The predicted molar refractivity (Wildman–Crippen MR) is 87.0 cm³/mol. The average molecular weight is 322 g/mol. The van der Waals surface area contributed by atoms with E-state index < -0.39 is 5.91 Å². The Morgan fingerprint density at radius 3 is 2.43 bits per heavy atom. The van der Waals surface area contributed by atoms with Gasteiger partial charge in [-0.25, -0.2) is 5.43 Å². The third kappa shape index (κ3) is 3.97. The van der Waals surface area contributed by atoms with Crippen LogP contribution in [0.2, 0.25) is 10.0 Å². The summed E-state index contributed by atoms with van der Waals surface area (Å²) in [7, 11) is 0. The first-order valence-corrected chi connectivity index (χ1v) is 6.88. The van der Waals surface area contributed by atoms with Crippen LogP contribution >= 0.6 is 23.2 Å². The molecule has 0 radical (unpaired) electrons. The molecule has 108 valence electrons. The van der Waals surface area contributed by atoms with E-state index in [1.54, 1.807) is 31.2 Å². The Bertz CT molecular complexity index is 697. The fraction of sp³-hybridized carbons (Fsp3) is 0.0667. The van der Waals surface area contributed by atoms with Crippen LogP contribution in [0.25, 0.3) is 0 Å². The first kappa shape index (κ1) is 15.4. The smallest absolute Gasteiger partial charge is 0.272 e. The van der Waals surface area contributed by atoms with E-state index in [1.807, 2.05) is 12.1 Å². The Hall–Kier alpha value is -2.04. The van der Waals surface area contributed by atoms with E-state index in [-0.39, 0.29) is 5.02 Å². The van der Waals surface area contributed by atoms with E-state index in [9.17, 15) is 4.79 Å². The Morgan fingerprint density at radius 2 is 1.81 bits per heavy atom. The molecule has 0 saturated heterocycles. The minimum Gasteiger partial charge on any atom is -0.399 e. The fourth-order valence-corrected chi connectivity index (χ4v) is 2.15. The number of hydrazone groups is 1. The van der Waals surface area contributed by atoms with E-state index in [2.05, 4.69) is 10.5 Å². The summed E-state index contributed by atoms with van der Waals surface area (Å²) >= 11 is 11.8. The Labute approximate surface area is 132 Å². The van der Waals surface area contributed by atoms with Crippen LogP contribution in [0, 0.1) is 0 Å². The van der Waals surface area contributed by atoms with Crippen molar-refractivity contribution in [2.24, 2.45) is 5.10 Å². The number of halogens is 2. The van der Waals surface area contributed by atoms with E-state index in [0.29, 0.717) is 22.0 Å². The summed E-state index contributed by atoms with van der Waals surface area (Å²) in [5.41, 5.74) is 10.6. The van der Waals surface area contributed by atoms with Crippen molar-refractivity contribution >= 4 is 40.5 Å². The Kier molecular flexibility index (Phi) is 4.83. The van der Waals surface area contributed by atoms with E-state index in [1.165, 1.54) is 6.07 Å². The summed E-state index contributed by atoms with van der Waals surface area (Å²) in [5.74, 6) is -0.397. The number of nitrogens with two attached hydrogens (primary N) is 1. The summed E-state index contributed by atoms with van der Waals surface area (Å²) in [6.45, 7) is 1.79. The summed E-state index contributed by atoms with van der Waals surface area (Å²) in [5, 5.41) is 4.80. The highest BCUT2D eigenvalue weighted by Gasteiger charge is 2.10. The topological polar surface area (TPSA) is 67.5 Å². The molecule has 0 heterocycles. The van der Waals surface area contributed by atoms with Crippen molar-refractivity contribution in [2.75, 3.05) is 5.73 Å². The van der Waals surface area contributed by atoms with Crippen molar-refractivity contribution in [3.8, 4) is 0 Å². The molecular formula is C15H13Cl2N3O. The molecule has 0 fully saturated rings. The number of nitrogens with zero attached hydrogens (tertiary/aromatic N) is 1. The lowest BCUT2D eigenvalue weighted by Crippen LogP contribution is -2.19. The van der Waals surface area contributed by atoms with Gasteiger partial charge in [0.2, 0.25) is 0 Å². The molecule has 0 aliphatic rings. The highest BCUT2D eigenvalue weighted by atomic mass is 35.5. The maximum absolute atomic E-state index is 12.0. The molecule has 0 aromatic heterocycles. The zero-order chi connectivity index (χ0) is 15.4. The van der Waals surface area contributed by atoms with Gasteiger partial charge in [-0.2, -0.15) is 5.10 Å². The number of hydrogen-bond donors (Lipinski definition) is 2. The van der Waals surface area contributed by atoms with Gasteiger partial charge in [0.05, 0.1) is 16.3 Å². The van der Waals surface area contributed by atoms with Crippen LogP contribution in [0.5, 0.6) is 0 Å². The van der Waals surface area contributed by atoms with E-state index >= 15 is 0 Å². The molecule has 2 rings (SSSR count). The second-order valence-electron chi connectivity index (χ2n) is 4.38. The third-order valence-electron chi connectivity index (χ3n) is 2.83. The van der Waals surface area contributed by atoms with E-state index in [4.69, 9.17) is 28.9 Å². The van der Waals surface area contributed by atoms with Crippen LogP contribution in [0.1, 0.15) is 22.8 Å². The zero-order valence-corrected chi connectivity index (χ0v) is 12.7. The fourth-order valence-electron chi connectivity index (χ4n) is 1.66. The normalized spacial score (nSPS) is 11.3. The van der Waals surface area contributed by atoms with Crippen LogP contribution in [-0.4, -0.2) is 11.6 Å². The lowest BCUT2D eigenvalue weighted by Gasteiger charge is -2.05. The van der Waals surface area contributed by atoms with Crippen LogP contribution in [0.3, 0.4) is 0 Å². The summed E-state index contributed by atoms with van der Waals surface area (Å²) in [6.07, 6.45) is 0. The van der Waals surface area contributed by atoms with Crippen LogP contribution in [0.15, 0.2) is 47.6 Å². The lowest BCUT2D eigenvalue weighted by atomic mass is 10.1. The van der Waals surface area contributed by atoms with Gasteiger partial charge in [0.15, 0.2) is 0 Å². The van der Waals surface area contributed by atoms with Crippen LogP contribution in [-0.2, 0) is 0 Å². The second-order valence-corrected chi connectivity index (χ2v) is 5.23. The highest BCUT2D eigenvalue weighted by molar-refractivity contribution is 6.36. The van der Waals surface area contributed by atoms with Gasteiger partial charge >= 0.3 is 0 Å². The maximum atomic E-state index is 12.0. The molecule has 6 heteroatoms. The molecule has 0 aliphatic heterocycles. The van der Waals surface area contributed by atoms with Crippen molar-refractivity contribution < 1.29 is 4.79 Å². The number of nitrogens with one attached hydrogen (secondary N) is 1. The summed E-state index contributed by atoms with van der Waals surface area (Å²) in [4.78, 5) is 12.0. The van der Waals surface area contributed by atoms with Gasteiger partial charge in [0.25, 0.3) is 5.91 Å². The molecule has 0 atom stereocenters. The predicted octanol–water partition coefficient (Wildman–Crippen LogP) is 3.73. The quantitative estimate of drug-likeness (QED) is 0.514. The molecule has 0 unspecified atom stereocenters. The van der Waals surface area contributed by atoms with Gasteiger partial charge in [0.1, 0.15) is 0 Å². The van der Waals surface area contributed by atoms with Gasteiger partial charge in [-0.3, -0.25) is 4.79 Å². The standard InChI is InChI=1S/C15H13Cl2N3O/c1-9(10-2-5-12(18)6-3-10)19-20-15(21)13-7-4-11(16)8-14(13)17/h2-8H,18H2,1H3,(H,20,21)/b19-9+. The maximum Gasteiger partial charge on any atom is 0.272 e. The molecule has 0 bridgehead atoms. The summed E-state index contributed by atoms with van der Waals surface area (Å²) in [6, 6.07) is 11.9. The number of nitrogen functional groups attached to an aromatic ring is 1. The minimum atomic E-state index is -0.397. The monoisotopic (exact) mass is 321 g/mol. The number of benzene rings is 2. The Balaban J connectivity index is 2.12. The molecule has 3 N–H and O–H groups in total. The van der Waals surface area contributed by atoms with Gasteiger partial charge < -0.3 is 5.73 Å². The van der Waals surface area contributed by atoms with Crippen molar-refractivity contribution in [1.82, 2.24) is 5.43 Å². The molecule has 0 aliphatic carbocycles. The number of amides is 1. The number of anilines is 1. The number of hydrogen-bond acceptors (Lipinski definition) is 3. The van der Waals surface area contributed by atoms with Crippen LogP contribution in [0.4, 0.5) is 5.69 Å². The molecule has 21 heavy (non-hydrogen) atoms. The number of rotatable bonds is 3. The average Bonchev–Trinajstić information content (AvgIpc) is 2.45. The van der Waals surface area contributed by atoms with Gasteiger partial charge in [-0.05, 0) is 42.8 Å². The largest absolute Gasteiger partial charge is 0.399 e. The van der Waals surface area contributed by atoms with Gasteiger partial charge in [0, 0.05) is 10.7 Å². The molecule has 1 amide bonds. The van der Waals surface area contributed by atoms with Crippen molar-refractivity contribution in [3.63, 3.8) is 0 Å². The molecule has 4 nitrogen and oxygen atoms in total. The van der Waals surface area contributed by atoms with E-state index in [0.717, 1.165) is 5.56 Å². The lowest BCUT2D eigenvalue weighted by molar-refractivity contribution is 0.0955. The molecule has 2 aromatic carbocycles. The Morgan fingerprint density at radius 1 is 1.14 bits per heavy atom. The second kappa shape index (κ2) is 6.61. The van der Waals surface area contributed by atoms with Crippen molar-refractivity contribution in [1.29, 1.82) is 0 Å². The van der Waals surface area contributed by atoms with Gasteiger partial charge in [-0.1, -0.05) is 35.3 Å². The molecular weight excluding hydrogens is 309 g/mol. The first-order valence-electron chi connectivity index (χ1n) is 6.13.